The molecule has 202 valence electrons. The molecular weight excluding hydrogens is 472 g/mol. The maximum absolute atomic E-state index is 14.5. The molecule has 6 heteroatoms. The van der Waals surface area contributed by atoms with Crippen molar-refractivity contribution in [2.45, 2.75) is 99.0 Å². The first-order valence-corrected chi connectivity index (χ1v) is 14.4. The molecule has 1 aromatic heterocycles. The standard InChI is InChI=1S/C32H42N4O2/c1-27(2)11-13-32(36-19-34-18-35-36)14-12-31(7)25(20(32)16-27)22(37)15-24-29(5)17-21(33-8)26(38)28(3,4)23(29)9-10-30(24,31)6/h15,17-20,23,25H,9-14,16H2,1-7H3/t20-,23-,25-,29-,30+,31+,32-/m0/s1. The van der Waals surface area contributed by atoms with Crippen LogP contribution in [0.3, 0.4) is 0 Å². The average molecular weight is 515 g/mol. The number of fused-ring (bicyclic) bond motifs is 7. The summed E-state index contributed by atoms with van der Waals surface area (Å²) in [5.41, 5.74) is -0.117. The van der Waals surface area contributed by atoms with Crippen molar-refractivity contribution in [2.24, 2.45) is 44.8 Å². The van der Waals surface area contributed by atoms with Gasteiger partial charge in [0.1, 0.15) is 12.7 Å². The summed E-state index contributed by atoms with van der Waals surface area (Å²) in [5.74, 6) is 0.368. The summed E-state index contributed by atoms with van der Waals surface area (Å²) in [6.45, 7) is 23.5. The van der Waals surface area contributed by atoms with Crippen LogP contribution < -0.4 is 0 Å². The Morgan fingerprint density at radius 1 is 1.00 bits per heavy atom. The van der Waals surface area contributed by atoms with Crippen molar-refractivity contribution in [1.82, 2.24) is 14.8 Å². The van der Waals surface area contributed by atoms with E-state index in [0.717, 1.165) is 50.5 Å². The van der Waals surface area contributed by atoms with Gasteiger partial charge in [-0.25, -0.2) is 14.5 Å². The first-order valence-electron chi connectivity index (χ1n) is 14.4. The van der Waals surface area contributed by atoms with Crippen LogP contribution in [0.4, 0.5) is 0 Å². The molecule has 5 aliphatic carbocycles. The molecule has 0 N–H and O–H groups in total. The van der Waals surface area contributed by atoms with Gasteiger partial charge in [0.25, 0.3) is 0 Å². The minimum atomic E-state index is -0.630. The van der Waals surface area contributed by atoms with E-state index in [1.54, 1.807) is 6.33 Å². The Balaban J connectivity index is 1.54. The summed E-state index contributed by atoms with van der Waals surface area (Å²) >= 11 is 0. The Labute approximate surface area is 227 Å². The largest absolute Gasteiger partial charge is 0.307 e. The molecule has 7 atom stereocenters. The molecule has 0 saturated heterocycles. The van der Waals surface area contributed by atoms with Crippen LogP contribution in [-0.2, 0) is 15.1 Å². The molecule has 5 aliphatic rings. The van der Waals surface area contributed by atoms with Gasteiger partial charge < -0.3 is 4.79 Å². The van der Waals surface area contributed by atoms with Crippen molar-refractivity contribution >= 4 is 11.6 Å². The van der Waals surface area contributed by atoms with Gasteiger partial charge in [0, 0.05) is 16.7 Å². The van der Waals surface area contributed by atoms with Crippen LogP contribution in [0.5, 0.6) is 0 Å². The third-order valence-electron chi connectivity index (χ3n) is 12.7. The predicted octanol–water partition coefficient (Wildman–Crippen LogP) is 6.56. The van der Waals surface area contributed by atoms with Gasteiger partial charge in [-0.2, -0.15) is 5.10 Å². The molecule has 0 aliphatic heterocycles. The number of allylic oxidation sites excluding steroid dienone is 4. The molecule has 0 bridgehead atoms. The van der Waals surface area contributed by atoms with Crippen molar-refractivity contribution in [3.05, 3.63) is 47.5 Å². The van der Waals surface area contributed by atoms with Gasteiger partial charge in [-0.1, -0.05) is 60.1 Å². The Morgan fingerprint density at radius 2 is 1.71 bits per heavy atom. The van der Waals surface area contributed by atoms with Crippen LogP contribution >= 0.6 is 0 Å². The number of carbonyl (C=O) groups is 2. The van der Waals surface area contributed by atoms with Gasteiger partial charge in [-0.05, 0) is 79.1 Å². The van der Waals surface area contributed by atoms with E-state index in [-0.39, 0.29) is 56.8 Å². The Hall–Kier alpha value is -2.55. The van der Waals surface area contributed by atoms with Crippen molar-refractivity contribution < 1.29 is 9.59 Å². The lowest BCUT2D eigenvalue weighted by Crippen LogP contribution is -2.66. The number of Topliss-reactive ketones (excluding diaryl/α,β-unsaturated/α-hetero) is 1. The third kappa shape index (κ3) is 2.94. The maximum atomic E-state index is 14.5. The first kappa shape index (κ1) is 25.7. The van der Waals surface area contributed by atoms with E-state index in [0.29, 0.717) is 0 Å². The second kappa shape index (κ2) is 7.55. The fourth-order valence-corrected chi connectivity index (χ4v) is 10.4. The number of nitrogens with zero attached hydrogens (tertiary/aromatic N) is 4. The van der Waals surface area contributed by atoms with E-state index in [1.165, 1.54) is 0 Å². The highest BCUT2D eigenvalue weighted by Crippen LogP contribution is 2.74. The molecule has 1 aromatic rings. The van der Waals surface area contributed by atoms with Crippen LogP contribution in [-0.4, -0.2) is 26.3 Å². The summed E-state index contributed by atoms with van der Waals surface area (Å²) in [4.78, 5) is 35.8. The van der Waals surface area contributed by atoms with Gasteiger partial charge in [-0.3, -0.25) is 4.79 Å². The van der Waals surface area contributed by atoms with Crippen molar-refractivity contribution in [2.75, 3.05) is 0 Å². The molecule has 6 nitrogen and oxygen atoms in total. The topological polar surface area (TPSA) is 69.2 Å². The highest BCUT2D eigenvalue weighted by Gasteiger charge is 2.70. The number of hydrogen-bond donors (Lipinski definition) is 0. The lowest BCUT2D eigenvalue weighted by Gasteiger charge is -2.69. The summed E-state index contributed by atoms with van der Waals surface area (Å²) in [5, 5.41) is 4.66. The van der Waals surface area contributed by atoms with Gasteiger partial charge in [0.05, 0.1) is 12.1 Å². The molecule has 1 heterocycles. The zero-order valence-electron chi connectivity index (χ0n) is 24.1. The van der Waals surface area contributed by atoms with Gasteiger partial charge >= 0.3 is 0 Å². The highest BCUT2D eigenvalue weighted by atomic mass is 16.1. The summed E-state index contributed by atoms with van der Waals surface area (Å²) in [6.07, 6.45) is 14.4. The predicted molar refractivity (Wildman–Crippen MR) is 145 cm³/mol. The summed E-state index contributed by atoms with van der Waals surface area (Å²) in [6, 6.07) is 0. The second-order valence-electron chi connectivity index (χ2n) is 15.2. The van der Waals surface area contributed by atoms with Crippen molar-refractivity contribution in [1.29, 1.82) is 0 Å². The molecule has 38 heavy (non-hydrogen) atoms. The van der Waals surface area contributed by atoms with Crippen molar-refractivity contribution in [3.63, 3.8) is 0 Å². The number of ketones is 2. The van der Waals surface area contributed by atoms with Gasteiger partial charge in [-0.15, -0.1) is 0 Å². The smallest absolute Gasteiger partial charge is 0.226 e. The van der Waals surface area contributed by atoms with E-state index in [4.69, 9.17) is 6.57 Å². The zero-order valence-corrected chi connectivity index (χ0v) is 24.1. The van der Waals surface area contributed by atoms with Crippen LogP contribution in [0.2, 0.25) is 0 Å². The lowest BCUT2D eigenvalue weighted by molar-refractivity contribution is -0.169. The third-order valence-corrected chi connectivity index (χ3v) is 12.7. The van der Waals surface area contributed by atoms with Gasteiger partial charge in [0.15, 0.2) is 11.6 Å². The van der Waals surface area contributed by atoms with E-state index in [9.17, 15) is 9.59 Å². The van der Waals surface area contributed by atoms with Crippen molar-refractivity contribution in [3.8, 4) is 0 Å². The van der Waals surface area contributed by atoms with Crippen LogP contribution in [0.1, 0.15) is 93.4 Å². The van der Waals surface area contributed by atoms with E-state index in [2.05, 4.69) is 54.2 Å². The summed E-state index contributed by atoms with van der Waals surface area (Å²) in [7, 11) is 0. The Kier molecular flexibility index (Phi) is 5.11. The Morgan fingerprint density at radius 3 is 2.37 bits per heavy atom. The molecule has 0 unspecified atom stereocenters. The normalized spacial score (nSPS) is 44.9. The second-order valence-corrected chi connectivity index (χ2v) is 15.2. The zero-order chi connectivity index (χ0) is 27.5. The molecule has 0 amide bonds. The number of rotatable bonds is 1. The van der Waals surface area contributed by atoms with Gasteiger partial charge in [0.2, 0.25) is 5.70 Å². The first-order chi connectivity index (χ1) is 17.7. The monoisotopic (exact) mass is 514 g/mol. The van der Waals surface area contributed by atoms with E-state index < -0.39 is 10.8 Å². The average Bonchev–Trinajstić information content (AvgIpc) is 3.38. The minimum Gasteiger partial charge on any atom is -0.307 e. The molecular formula is C32H42N4O2. The number of aromatic nitrogens is 3. The van der Waals surface area contributed by atoms with E-state index >= 15 is 0 Å². The van der Waals surface area contributed by atoms with E-state index in [1.807, 2.05) is 32.3 Å². The molecule has 3 saturated carbocycles. The highest BCUT2D eigenvalue weighted by molar-refractivity contribution is 6.03. The maximum Gasteiger partial charge on any atom is 0.226 e. The number of carbonyl (C=O) groups excluding carboxylic acids is 2. The van der Waals surface area contributed by atoms with Crippen LogP contribution in [0.25, 0.3) is 4.85 Å². The SMILES string of the molecule is [C-]#[N+]C1=C[C@]2(C)C3=CC(=O)[C@@H]4[C@@H]5CC(C)(C)CC[C@]5(n5cncn5)CC[C@@]4(C)[C@]3(C)CC[C@H]2C(C)(C)C1=O. The fraction of sp³-hybridized carbons (Fsp3) is 0.719. The Bertz CT molecular complexity index is 1330. The molecule has 3 fully saturated rings. The molecule has 6 rings (SSSR count). The fourth-order valence-electron chi connectivity index (χ4n) is 10.4. The van der Waals surface area contributed by atoms with Crippen LogP contribution in [0.15, 0.2) is 36.1 Å². The summed E-state index contributed by atoms with van der Waals surface area (Å²) < 4.78 is 2.10. The molecule has 0 aromatic carbocycles. The minimum absolute atomic E-state index is 0.0508. The van der Waals surface area contributed by atoms with Crippen LogP contribution in [0, 0.1) is 51.4 Å². The molecule has 0 spiro atoms. The lowest BCUT2D eigenvalue weighted by atomic mass is 9.35. The quantitative estimate of drug-likeness (QED) is 0.398. The molecule has 0 radical (unpaired) electrons. The number of hydrogen-bond acceptors (Lipinski definition) is 4.